The minimum absolute atomic E-state index is 0.112. The molecule has 22 heavy (non-hydrogen) atoms. The number of carboxylic acids is 1. The van der Waals surface area contributed by atoms with Crippen LogP contribution in [0, 0.1) is 6.92 Å². The Labute approximate surface area is 126 Å². The summed E-state index contributed by atoms with van der Waals surface area (Å²) in [6.45, 7) is 2.36. The molecule has 0 atom stereocenters. The number of rotatable bonds is 3. The fraction of sp³-hybridized carbons (Fsp3) is 0.118. The molecule has 0 bridgehead atoms. The average molecular weight is 297 g/mol. The maximum Gasteiger partial charge on any atom is 0.352 e. The van der Waals surface area contributed by atoms with Gasteiger partial charge in [-0.2, -0.15) is 0 Å². The van der Waals surface area contributed by atoms with Crippen molar-refractivity contribution in [3.8, 4) is 11.5 Å². The molecule has 0 saturated heterocycles. The molecule has 3 rings (SSSR count). The van der Waals surface area contributed by atoms with Crippen molar-refractivity contribution >= 4 is 16.9 Å². The van der Waals surface area contributed by atoms with E-state index in [4.69, 9.17) is 0 Å². The summed E-state index contributed by atoms with van der Waals surface area (Å²) in [6.07, 6.45) is 0. The number of hydrogen-bond donors (Lipinski definition) is 3. The number of nitrogens with zero attached hydrogens (tertiary/aromatic N) is 1. The number of hydrogen-bond acceptors (Lipinski definition) is 3. The summed E-state index contributed by atoms with van der Waals surface area (Å²) >= 11 is 0. The van der Waals surface area contributed by atoms with Gasteiger partial charge in [0.05, 0.1) is 5.52 Å². The zero-order valence-electron chi connectivity index (χ0n) is 11.9. The van der Waals surface area contributed by atoms with E-state index in [-0.39, 0.29) is 17.2 Å². The lowest BCUT2D eigenvalue weighted by Gasteiger charge is -2.09. The summed E-state index contributed by atoms with van der Waals surface area (Å²) in [7, 11) is 0. The molecule has 0 fully saturated rings. The normalized spacial score (nSPS) is 11.0. The van der Waals surface area contributed by atoms with E-state index in [1.807, 2.05) is 31.2 Å². The molecule has 0 amide bonds. The zero-order valence-corrected chi connectivity index (χ0v) is 11.9. The van der Waals surface area contributed by atoms with Crippen LogP contribution in [-0.2, 0) is 6.54 Å². The van der Waals surface area contributed by atoms with Gasteiger partial charge in [-0.15, -0.1) is 0 Å². The first-order valence-electron chi connectivity index (χ1n) is 6.80. The van der Waals surface area contributed by atoms with E-state index in [1.54, 1.807) is 4.57 Å². The molecule has 0 radical (unpaired) electrons. The quantitative estimate of drug-likeness (QED) is 0.649. The van der Waals surface area contributed by atoms with Gasteiger partial charge in [0, 0.05) is 18.0 Å². The van der Waals surface area contributed by atoms with Gasteiger partial charge in [-0.25, -0.2) is 4.79 Å². The summed E-state index contributed by atoms with van der Waals surface area (Å²) in [5, 5.41) is 29.2. The number of aromatic carboxylic acids is 1. The average Bonchev–Trinajstić information content (AvgIpc) is 2.80. The van der Waals surface area contributed by atoms with E-state index in [9.17, 15) is 20.1 Å². The van der Waals surface area contributed by atoms with Crippen LogP contribution in [0.15, 0.2) is 42.5 Å². The van der Waals surface area contributed by atoms with E-state index in [2.05, 4.69) is 0 Å². The lowest BCUT2D eigenvalue weighted by atomic mass is 10.1. The van der Waals surface area contributed by atoms with E-state index in [1.165, 1.54) is 18.2 Å². The topological polar surface area (TPSA) is 82.7 Å². The SMILES string of the molecule is Cc1ccc(Cn2c(C(=O)O)cc3cc(O)c(O)cc32)cc1. The molecule has 5 nitrogen and oxygen atoms in total. The predicted octanol–water partition coefficient (Wildman–Crippen LogP) is 3.11. The van der Waals surface area contributed by atoms with Gasteiger partial charge >= 0.3 is 5.97 Å². The Morgan fingerprint density at radius 1 is 1.05 bits per heavy atom. The van der Waals surface area contributed by atoms with Crippen molar-refractivity contribution < 1.29 is 20.1 Å². The number of fused-ring (bicyclic) bond motifs is 1. The number of phenols is 2. The maximum absolute atomic E-state index is 11.5. The highest BCUT2D eigenvalue weighted by Crippen LogP contribution is 2.32. The van der Waals surface area contributed by atoms with Gasteiger partial charge in [0.1, 0.15) is 5.69 Å². The number of phenolic OH excluding ortho intramolecular Hbond substituents is 2. The van der Waals surface area contributed by atoms with Gasteiger partial charge in [0.15, 0.2) is 11.5 Å². The number of aromatic hydroxyl groups is 2. The molecule has 3 aromatic rings. The van der Waals surface area contributed by atoms with E-state index < -0.39 is 5.97 Å². The third-order valence-electron chi connectivity index (χ3n) is 3.68. The molecule has 0 unspecified atom stereocenters. The molecular formula is C17H15NO4. The van der Waals surface area contributed by atoms with Crippen molar-refractivity contribution in [2.24, 2.45) is 0 Å². The molecule has 0 saturated carbocycles. The first-order chi connectivity index (χ1) is 10.5. The second-order valence-electron chi connectivity index (χ2n) is 5.31. The Morgan fingerprint density at radius 2 is 1.68 bits per heavy atom. The fourth-order valence-electron chi connectivity index (χ4n) is 2.51. The Balaban J connectivity index is 2.17. The number of aryl methyl sites for hydroxylation is 1. The molecular weight excluding hydrogens is 282 g/mol. The van der Waals surface area contributed by atoms with Crippen LogP contribution in [0.5, 0.6) is 11.5 Å². The molecule has 0 aliphatic heterocycles. The summed E-state index contributed by atoms with van der Waals surface area (Å²) in [4.78, 5) is 11.5. The maximum atomic E-state index is 11.5. The van der Waals surface area contributed by atoms with Gasteiger partial charge in [-0.05, 0) is 24.6 Å². The van der Waals surface area contributed by atoms with Crippen molar-refractivity contribution in [3.63, 3.8) is 0 Å². The van der Waals surface area contributed by atoms with E-state index >= 15 is 0 Å². The van der Waals surface area contributed by atoms with Gasteiger partial charge in [0.25, 0.3) is 0 Å². The smallest absolute Gasteiger partial charge is 0.352 e. The largest absolute Gasteiger partial charge is 0.504 e. The zero-order chi connectivity index (χ0) is 15.9. The Morgan fingerprint density at radius 3 is 2.32 bits per heavy atom. The standard InChI is InChI=1S/C17H15NO4/c1-10-2-4-11(5-3-10)9-18-13-8-16(20)15(19)7-12(13)6-14(18)17(21)22/h2-8,19-20H,9H2,1H3,(H,21,22). The van der Waals surface area contributed by atoms with E-state index in [0.29, 0.717) is 17.4 Å². The van der Waals surface area contributed by atoms with Crippen molar-refractivity contribution in [2.45, 2.75) is 13.5 Å². The first-order valence-corrected chi connectivity index (χ1v) is 6.80. The highest BCUT2D eigenvalue weighted by atomic mass is 16.4. The molecule has 2 aromatic carbocycles. The first kappa shape index (κ1) is 14.0. The van der Waals surface area contributed by atoms with Crippen molar-refractivity contribution in [3.05, 3.63) is 59.3 Å². The molecule has 0 spiro atoms. The van der Waals surface area contributed by atoms with Crippen LogP contribution >= 0.6 is 0 Å². The number of carboxylic acid groups (broad SMARTS) is 1. The van der Waals surface area contributed by atoms with Crippen LogP contribution in [0.25, 0.3) is 10.9 Å². The predicted molar refractivity (Wildman–Crippen MR) is 82.5 cm³/mol. The van der Waals surface area contributed by atoms with Crippen LogP contribution in [-0.4, -0.2) is 25.9 Å². The number of benzene rings is 2. The second-order valence-corrected chi connectivity index (χ2v) is 5.31. The van der Waals surface area contributed by atoms with Gasteiger partial charge in [0.2, 0.25) is 0 Å². The Bertz CT molecular complexity index is 862. The second kappa shape index (κ2) is 5.11. The molecule has 1 aromatic heterocycles. The molecule has 0 aliphatic rings. The number of aromatic nitrogens is 1. The Kier molecular flexibility index (Phi) is 3.25. The molecule has 5 heteroatoms. The minimum atomic E-state index is -1.05. The van der Waals surface area contributed by atoms with Crippen LogP contribution in [0.4, 0.5) is 0 Å². The molecule has 0 aliphatic carbocycles. The summed E-state index contributed by atoms with van der Waals surface area (Å²) in [5.41, 5.74) is 2.76. The van der Waals surface area contributed by atoms with Gasteiger partial charge in [-0.1, -0.05) is 29.8 Å². The van der Waals surface area contributed by atoms with E-state index in [0.717, 1.165) is 11.1 Å². The van der Waals surface area contributed by atoms with Crippen molar-refractivity contribution in [2.75, 3.05) is 0 Å². The number of carbonyl (C=O) groups is 1. The van der Waals surface area contributed by atoms with Crippen LogP contribution in [0.3, 0.4) is 0 Å². The lowest BCUT2D eigenvalue weighted by Crippen LogP contribution is -2.09. The molecule has 112 valence electrons. The van der Waals surface area contributed by atoms with Crippen molar-refractivity contribution in [1.29, 1.82) is 0 Å². The minimum Gasteiger partial charge on any atom is -0.504 e. The highest BCUT2D eigenvalue weighted by molar-refractivity contribution is 5.95. The Hall–Kier alpha value is -2.95. The van der Waals surface area contributed by atoms with Crippen LogP contribution in [0.1, 0.15) is 21.6 Å². The third kappa shape index (κ3) is 2.37. The summed E-state index contributed by atoms with van der Waals surface area (Å²) < 4.78 is 1.61. The highest BCUT2D eigenvalue weighted by Gasteiger charge is 2.16. The van der Waals surface area contributed by atoms with Gasteiger partial charge < -0.3 is 19.9 Å². The van der Waals surface area contributed by atoms with Crippen LogP contribution < -0.4 is 0 Å². The summed E-state index contributed by atoms with van der Waals surface area (Å²) in [5.74, 6) is -1.59. The molecule has 1 heterocycles. The molecule has 3 N–H and O–H groups in total. The summed E-state index contributed by atoms with van der Waals surface area (Å²) in [6, 6.07) is 12.0. The third-order valence-corrected chi connectivity index (χ3v) is 3.68. The van der Waals surface area contributed by atoms with Crippen LogP contribution in [0.2, 0.25) is 0 Å². The van der Waals surface area contributed by atoms with Crippen molar-refractivity contribution in [1.82, 2.24) is 4.57 Å². The monoisotopic (exact) mass is 297 g/mol. The van der Waals surface area contributed by atoms with Gasteiger partial charge in [-0.3, -0.25) is 0 Å². The lowest BCUT2D eigenvalue weighted by molar-refractivity contribution is 0.0686. The fourth-order valence-corrected chi connectivity index (χ4v) is 2.51.